The molecule has 0 N–H and O–H groups in total. The number of benzene rings is 1. The van der Waals surface area contributed by atoms with E-state index in [0.29, 0.717) is 10.9 Å². The van der Waals surface area contributed by atoms with Crippen molar-refractivity contribution in [3.63, 3.8) is 0 Å². The molecule has 0 spiro atoms. The van der Waals surface area contributed by atoms with E-state index in [1.165, 1.54) is 6.07 Å². The molecule has 1 aromatic heterocycles. The van der Waals surface area contributed by atoms with Gasteiger partial charge in [-0.2, -0.15) is 13.2 Å². The van der Waals surface area contributed by atoms with Gasteiger partial charge in [0, 0.05) is 5.39 Å². The number of nitrogens with zero attached hydrogens (tertiary/aromatic N) is 1. The van der Waals surface area contributed by atoms with Gasteiger partial charge >= 0.3 is 6.18 Å². The van der Waals surface area contributed by atoms with Crippen LogP contribution in [0, 0.1) is 0 Å². The number of aromatic nitrogens is 1. The number of pyridine rings is 1. The van der Waals surface area contributed by atoms with Gasteiger partial charge in [0.05, 0.1) is 0 Å². The number of halogens is 4. The number of fused-ring (bicyclic) bond motifs is 1. The number of para-hydroxylation sites is 1. The molecule has 0 radical (unpaired) electrons. The molecule has 0 atom stereocenters. The van der Waals surface area contributed by atoms with Gasteiger partial charge in [-0.3, -0.25) is 0 Å². The van der Waals surface area contributed by atoms with Gasteiger partial charge in [0.15, 0.2) is 6.61 Å². The van der Waals surface area contributed by atoms with E-state index in [0.717, 1.165) is 5.56 Å². The lowest BCUT2D eigenvalue weighted by molar-refractivity contribution is -0.153. The van der Waals surface area contributed by atoms with E-state index in [9.17, 15) is 13.2 Å². The first-order chi connectivity index (χ1) is 9.58. The van der Waals surface area contributed by atoms with Crippen molar-refractivity contribution in [2.24, 2.45) is 0 Å². The van der Waals surface area contributed by atoms with Crippen molar-refractivity contribution in [3.8, 4) is 5.75 Å². The van der Waals surface area contributed by atoms with Gasteiger partial charge in [0.25, 0.3) is 0 Å². The molecule has 0 fully saturated rings. The molecule has 0 unspecified atom stereocenters. The van der Waals surface area contributed by atoms with Gasteiger partial charge in [-0.05, 0) is 23.1 Å². The Hall–Kier alpha value is -1.49. The molecule has 0 aliphatic carbocycles. The minimum atomic E-state index is -4.39. The molecular weight excluding hydrogens is 303 g/mol. The van der Waals surface area contributed by atoms with Crippen LogP contribution in [-0.4, -0.2) is 17.8 Å². The number of hydrogen-bond acceptors (Lipinski definition) is 2. The average molecular weight is 318 g/mol. The summed E-state index contributed by atoms with van der Waals surface area (Å²) in [5.41, 5.74) is 0.963. The topological polar surface area (TPSA) is 22.1 Å². The summed E-state index contributed by atoms with van der Waals surface area (Å²) in [6.45, 7) is 4.62. The number of hydrogen-bond donors (Lipinski definition) is 0. The predicted octanol–water partition coefficient (Wildman–Crippen LogP) is 5.13. The second-order valence-corrected chi connectivity index (χ2v) is 6.17. The Kier molecular flexibility index (Phi) is 4.06. The maximum absolute atomic E-state index is 12.3. The fourth-order valence-corrected chi connectivity index (χ4v) is 2.37. The van der Waals surface area contributed by atoms with E-state index in [4.69, 9.17) is 16.3 Å². The van der Waals surface area contributed by atoms with Gasteiger partial charge in [-0.1, -0.05) is 44.5 Å². The molecule has 2 rings (SSSR count). The third-order valence-corrected chi connectivity index (χ3v) is 3.25. The summed E-state index contributed by atoms with van der Waals surface area (Å²) in [6.07, 6.45) is -4.39. The highest BCUT2D eigenvalue weighted by atomic mass is 35.5. The molecule has 2 nitrogen and oxygen atoms in total. The number of rotatable bonds is 2. The molecule has 6 heteroatoms. The maximum atomic E-state index is 12.3. The third-order valence-electron chi connectivity index (χ3n) is 2.96. The Balaban J connectivity index is 2.49. The van der Waals surface area contributed by atoms with E-state index in [1.807, 2.05) is 26.8 Å². The molecule has 2 aromatic rings. The van der Waals surface area contributed by atoms with E-state index in [2.05, 4.69) is 4.98 Å². The van der Waals surface area contributed by atoms with Crippen molar-refractivity contribution in [1.82, 2.24) is 4.98 Å². The van der Waals surface area contributed by atoms with Crippen LogP contribution < -0.4 is 4.74 Å². The first-order valence-corrected chi connectivity index (χ1v) is 6.75. The van der Waals surface area contributed by atoms with E-state index in [1.54, 1.807) is 12.1 Å². The standard InChI is InChI=1S/C15H15ClF3NO/c1-14(2,3)10-7-9-5-4-6-11(12(9)20-13(10)16)21-8-15(17,18)19/h4-7H,8H2,1-3H3. The zero-order chi connectivity index (χ0) is 15.8. The Morgan fingerprint density at radius 2 is 1.86 bits per heavy atom. The van der Waals surface area contributed by atoms with Crippen molar-refractivity contribution in [3.05, 3.63) is 35.0 Å². The largest absolute Gasteiger partial charge is 0.482 e. The van der Waals surface area contributed by atoms with E-state index < -0.39 is 12.8 Å². The summed E-state index contributed by atoms with van der Waals surface area (Å²) in [5.74, 6) is 0.0761. The molecule has 0 amide bonds. The van der Waals surface area contributed by atoms with Crippen LogP contribution in [0.3, 0.4) is 0 Å². The summed E-state index contributed by atoms with van der Waals surface area (Å²) in [5, 5.41) is 0.974. The number of ether oxygens (including phenoxy) is 1. The van der Waals surface area contributed by atoms with Crippen LogP contribution in [0.4, 0.5) is 13.2 Å². The molecule has 0 saturated heterocycles. The van der Waals surface area contributed by atoms with Crippen molar-refractivity contribution >= 4 is 22.5 Å². The highest BCUT2D eigenvalue weighted by molar-refractivity contribution is 6.30. The second kappa shape index (κ2) is 5.37. The first-order valence-electron chi connectivity index (χ1n) is 6.37. The van der Waals surface area contributed by atoms with Gasteiger partial charge in [-0.15, -0.1) is 0 Å². The van der Waals surface area contributed by atoms with Gasteiger partial charge in [0.1, 0.15) is 16.4 Å². The highest BCUT2D eigenvalue weighted by Crippen LogP contribution is 2.34. The minimum absolute atomic E-state index is 0.0761. The lowest BCUT2D eigenvalue weighted by atomic mass is 9.87. The van der Waals surface area contributed by atoms with Crippen molar-refractivity contribution in [2.75, 3.05) is 6.61 Å². The molecule has 21 heavy (non-hydrogen) atoms. The molecule has 114 valence electrons. The van der Waals surface area contributed by atoms with Gasteiger partial charge in [-0.25, -0.2) is 4.98 Å². The first kappa shape index (κ1) is 15.9. The Morgan fingerprint density at radius 1 is 1.19 bits per heavy atom. The quantitative estimate of drug-likeness (QED) is 0.717. The summed E-state index contributed by atoms with van der Waals surface area (Å²) >= 11 is 6.16. The van der Waals surface area contributed by atoms with Crippen LogP contribution in [0.1, 0.15) is 26.3 Å². The number of alkyl halides is 3. The summed E-state index contributed by atoms with van der Waals surface area (Å²) in [7, 11) is 0. The Bertz CT molecular complexity index is 662. The molecule has 0 aliphatic rings. The molecule has 1 heterocycles. The summed E-state index contributed by atoms with van der Waals surface area (Å²) < 4.78 is 41.6. The molecule has 0 aliphatic heterocycles. The van der Waals surface area contributed by atoms with Crippen molar-refractivity contribution in [2.45, 2.75) is 32.4 Å². The van der Waals surface area contributed by atoms with Crippen LogP contribution in [0.25, 0.3) is 10.9 Å². The van der Waals surface area contributed by atoms with Gasteiger partial charge in [0.2, 0.25) is 0 Å². The predicted molar refractivity (Wildman–Crippen MR) is 77.0 cm³/mol. The monoisotopic (exact) mass is 317 g/mol. The van der Waals surface area contributed by atoms with E-state index >= 15 is 0 Å². The summed E-state index contributed by atoms with van der Waals surface area (Å²) in [6, 6.07) is 6.70. The fourth-order valence-electron chi connectivity index (χ4n) is 1.95. The molecule has 1 aromatic carbocycles. The maximum Gasteiger partial charge on any atom is 0.422 e. The second-order valence-electron chi connectivity index (χ2n) is 5.81. The zero-order valence-electron chi connectivity index (χ0n) is 11.9. The van der Waals surface area contributed by atoms with Crippen LogP contribution >= 0.6 is 11.6 Å². The average Bonchev–Trinajstić information content (AvgIpc) is 2.33. The normalized spacial score (nSPS) is 12.7. The third kappa shape index (κ3) is 3.79. The summed E-state index contributed by atoms with van der Waals surface area (Å²) in [4.78, 5) is 4.22. The fraction of sp³-hybridized carbons (Fsp3) is 0.400. The zero-order valence-corrected chi connectivity index (χ0v) is 12.6. The van der Waals surface area contributed by atoms with Crippen LogP contribution in [0.15, 0.2) is 24.3 Å². The minimum Gasteiger partial charge on any atom is -0.482 e. The van der Waals surface area contributed by atoms with E-state index in [-0.39, 0.29) is 16.3 Å². The van der Waals surface area contributed by atoms with Crippen molar-refractivity contribution < 1.29 is 17.9 Å². The lowest BCUT2D eigenvalue weighted by Gasteiger charge is -2.21. The SMILES string of the molecule is CC(C)(C)c1cc2cccc(OCC(F)(F)F)c2nc1Cl. The van der Waals surface area contributed by atoms with Gasteiger partial charge < -0.3 is 4.74 Å². The lowest BCUT2D eigenvalue weighted by Crippen LogP contribution is -2.19. The highest BCUT2D eigenvalue weighted by Gasteiger charge is 2.29. The molecule has 0 saturated carbocycles. The molecule has 0 bridgehead atoms. The van der Waals surface area contributed by atoms with Crippen LogP contribution in [-0.2, 0) is 5.41 Å². The Labute approximate surface area is 125 Å². The Morgan fingerprint density at radius 3 is 2.43 bits per heavy atom. The smallest absolute Gasteiger partial charge is 0.422 e. The molecular formula is C15H15ClF3NO. The van der Waals surface area contributed by atoms with Crippen LogP contribution in [0.2, 0.25) is 5.15 Å². The van der Waals surface area contributed by atoms with Crippen molar-refractivity contribution in [1.29, 1.82) is 0 Å². The van der Waals surface area contributed by atoms with Crippen LogP contribution in [0.5, 0.6) is 5.75 Å².